The number of para-hydroxylation sites is 2. The molecule has 10 aromatic rings. The van der Waals surface area contributed by atoms with Crippen molar-refractivity contribution in [2.24, 2.45) is 11.3 Å². The molecule has 1 heterocycles. The molecule has 9 aromatic carbocycles. The van der Waals surface area contributed by atoms with Gasteiger partial charge in [-0.3, -0.25) is 49.5 Å². The number of carbonyl (C=O) groups is 4. The maximum atomic E-state index is 12.3. The van der Waals surface area contributed by atoms with Crippen LogP contribution >= 0.6 is 88.1 Å². The standard InChI is InChI=1S/C14H11BrN2O3.C14H13BrN2O.C14H11BrN2.C7H7BrN2O2.C7H5ClO.C7H8N2O2.C2H4O2.CH4.BHNS.2Na.O4S2/c1-16(14(18)10-5-3-2-4-6-10)12-8-7-11(15)9-13(12)17(19)20;1-17(13-8-7-11(15)9-12(13)16)14(18)10-5-3-2-4-6-10;1-17-13-8-7-11(15)9-12(13)16-14(17)10-5-3-2-4-6-10;1-9-6-3-2-5(8)4-7(6)10(11)12;8-7(9)6-4-2-1-3-5-6;1-8-6-4-2-3-5-7(6)9(10)11;1-2(3)4;;1-2-3;;;1-5(2)6(3)4/h2-9H,1H3;2-9H,16H2,1H3;2-9H,1H3;2-4,9H,1H3;1-5H;2-5,8H,1H3;1H3,(H,3,4);1H4;3H;;;. The number of nitrogens with two attached hydrogens (primary N) is 1. The third-order valence-corrected chi connectivity index (χ3v) is 15.4. The van der Waals surface area contributed by atoms with Crippen molar-refractivity contribution in [3.8, 4) is 11.4 Å². The number of aromatic nitrogens is 2. The monoisotopic (exact) mass is 1750 g/mol. The second-order valence-electron chi connectivity index (χ2n) is 18.9. The Bertz CT molecular complexity index is 4670. The number of imidazole rings is 1. The van der Waals surface area contributed by atoms with Gasteiger partial charge in [-0.05, 0) is 103 Å². The molecule has 37 heteroatoms. The Kier molecular flexibility index (Phi) is 48.2. The van der Waals surface area contributed by atoms with Crippen LogP contribution in [-0.2, 0) is 30.4 Å². The molecular weight excluding hydrogens is 1690 g/mol. The minimum atomic E-state index is -2.95. The number of nitrogen functional groups attached to an aromatic ring is 1. The fourth-order valence-corrected chi connectivity index (χ4v) is 9.38. The third-order valence-electron chi connectivity index (χ3n) is 12.3. The van der Waals surface area contributed by atoms with Gasteiger partial charge in [0.1, 0.15) is 22.9 Å². The van der Waals surface area contributed by atoms with Crippen LogP contribution in [0.25, 0.3) is 22.4 Å². The van der Waals surface area contributed by atoms with Crippen molar-refractivity contribution < 1.29 is 55.9 Å². The molecule has 0 atom stereocenters. The van der Waals surface area contributed by atoms with Gasteiger partial charge in [0.15, 0.2) is 0 Å². The van der Waals surface area contributed by atoms with E-state index in [1.807, 2.05) is 73.8 Å². The van der Waals surface area contributed by atoms with Gasteiger partial charge in [-0.25, -0.2) is 4.98 Å². The van der Waals surface area contributed by atoms with Gasteiger partial charge in [0.25, 0.3) is 40.1 Å². The summed E-state index contributed by atoms with van der Waals surface area (Å²) in [5.41, 5.74) is 13.5. The van der Waals surface area contributed by atoms with E-state index in [4.69, 9.17) is 44.1 Å². The first-order chi connectivity index (χ1) is 48.3. The fourth-order valence-electron chi connectivity index (χ4n) is 7.82. The molecule has 0 saturated carbocycles. The third kappa shape index (κ3) is 35.0. The van der Waals surface area contributed by atoms with Crippen molar-refractivity contribution in [1.29, 1.82) is 0 Å². The maximum absolute atomic E-state index is 12.3. The van der Waals surface area contributed by atoms with Crippen LogP contribution in [0.1, 0.15) is 45.4 Å². The second-order valence-corrected chi connectivity index (χ2v) is 25.6. The molecule has 0 unspecified atom stereocenters. The number of anilines is 5. The van der Waals surface area contributed by atoms with Gasteiger partial charge in [-0.1, -0.05) is 180 Å². The summed E-state index contributed by atoms with van der Waals surface area (Å²) < 4.78 is 44.4. The van der Waals surface area contributed by atoms with Gasteiger partial charge in [-0.2, -0.15) is 16.8 Å². The van der Waals surface area contributed by atoms with Gasteiger partial charge in [0, 0.05) is 101 Å². The summed E-state index contributed by atoms with van der Waals surface area (Å²) in [4.78, 5) is 82.0. The number of thiol groups is 1. The van der Waals surface area contributed by atoms with E-state index < -0.39 is 44.5 Å². The number of hydrogen-bond donors (Lipinski definition) is 5. The van der Waals surface area contributed by atoms with E-state index in [2.05, 4.69) is 127 Å². The van der Waals surface area contributed by atoms with Crippen molar-refractivity contribution in [1.82, 2.24) is 9.55 Å². The summed E-state index contributed by atoms with van der Waals surface area (Å²) in [7, 11) is 7.02. The number of hydrogen-bond acceptors (Lipinski definition) is 20. The number of halogens is 5. The first-order valence-corrected chi connectivity index (χ1v) is 43.5. The summed E-state index contributed by atoms with van der Waals surface area (Å²) in [5.74, 6) is -0.209. The normalized spacial score (nSPS) is 9.27. The van der Waals surface area contributed by atoms with Gasteiger partial charge < -0.3 is 35.8 Å². The number of benzene rings is 9. The summed E-state index contributed by atoms with van der Waals surface area (Å²) in [6, 6.07) is 64.3. The second kappa shape index (κ2) is 52.2. The number of fused-ring (bicyclic) bond motifs is 1. The van der Waals surface area contributed by atoms with E-state index >= 15 is 0 Å². The molecular formula is C66H64BBr4ClN11Na2O15S3. The van der Waals surface area contributed by atoms with E-state index in [1.165, 1.54) is 73.8 Å². The molecule has 531 valence electrons. The minimum absolute atomic E-state index is 0. The van der Waals surface area contributed by atoms with Gasteiger partial charge in [-0.15, -0.1) is 0 Å². The molecule has 0 aliphatic rings. The average molecular weight is 1760 g/mol. The SMILES string of the molecule is C.CC(=O)O.CN(C(=O)c1ccccc1)c1ccc(Br)cc1N.CN(C(=O)c1ccccc1)c1ccc(Br)cc1[N+](=O)[O-].CNc1ccc(Br)cc1[N+](=O)[O-].CNc1ccccc1[N+](=O)[O-].Cn1c(-c2ccccc2)nc2cc(Br)ccc21.O=C(Cl)c1ccccc1.O=S(=O)=S(=O)=O.[B]=NS.[Na][Na]. The summed E-state index contributed by atoms with van der Waals surface area (Å²) >= 11 is 24.4. The Morgan fingerprint density at radius 3 is 1.30 bits per heavy atom. The zero-order chi connectivity index (χ0) is 77.2. The molecule has 2 amide bonds. The molecule has 5 N–H and O–H groups in total. The van der Waals surface area contributed by atoms with Crippen LogP contribution in [0.3, 0.4) is 0 Å². The molecule has 10 rings (SSSR count). The van der Waals surface area contributed by atoms with Crippen LogP contribution in [0, 0.1) is 30.3 Å². The number of nitrogens with one attached hydrogen (secondary N) is 2. The zero-order valence-electron chi connectivity index (χ0n) is 55.3. The van der Waals surface area contributed by atoms with Crippen LogP contribution < -0.4 is 26.2 Å². The molecule has 103 heavy (non-hydrogen) atoms. The Morgan fingerprint density at radius 1 is 0.573 bits per heavy atom. The topological polar surface area (TPSA) is 373 Å². The van der Waals surface area contributed by atoms with Crippen LogP contribution in [0.15, 0.2) is 241 Å². The molecule has 0 bridgehead atoms. The first kappa shape index (κ1) is 95.2. The Labute approximate surface area is 670 Å². The van der Waals surface area contributed by atoms with Gasteiger partial charge in [0.2, 0.25) is 0 Å². The van der Waals surface area contributed by atoms with Crippen LogP contribution in [0.2, 0.25) is 0 Å². The number of aryl methyl sites for hydroxylation is 1. The number of carboxylic acids is 1. The van der Waals surface area contributed by atoms with Crippen molar-refractivity contribution >= 4 is 237 Å². The number of rotatable bonds is 11. The molecule has 26 nitrogen and oxygen atoms in total. The van der Waals surface area contributed by atoms with Crippen LogP contribution in [0.5, 0.6) is 0 Å². The van der Waals surface area contributed by atoms with Crippen LogP contribution in [-0.4, -0.2) is 149 Å². The quantitative estimate of drug-likeness (QED) is 0.0200. The molecule has 1 aromatic heterocycles. The Hall–Kier alpha value is -7.81. The first-order valence-electron chi connectivity index (χ1n) is 28.9. The van der Waals surface area contributed by atoms with Crippen molar-refractivity contribution in [2.75, 3.05) is 54.4 Å². The Balaban J connectivity index is 0.00000118. The summed E-state index contributed by atoms with van der Waals surface area (Å²) in [5, 5.41) is 44.4. The van der Waals surface area contributed by atoms with E-state index in [1.54, 1.807) is 141 Å². The van der Waals surface area contributed by atoms with Gasteiger partial charge in [0.05, 0.1) is 37.2 Å². The molecule has 0 fully saturated rings. The predicted molar refractivity (Wildman–Crippen MR) is 428 cm³/mol. The number of carboxylic acid groups (broad SMARTS) is 1. The number of nitro groups is 3. The zero-order valence-corrected chi connectivity index (χ0v) is 69.0. The predicted octanol–water partition coefficient (Wildman–Crippen LogP) is 15.9. The Morgan fingerprint density at radius 2 is 0.913 bits per heavy atom. The number of amides is 2. The van der Waals surface area contributed by atoms with E-state index in [0.717, 1.165) is 38.3 Å². The molecule has 0 aliphatic carbocycles. The van der Waals surface area contributed by atoms with E-state index in [0.29, 0.717) is 48.4 Å². The van der Waals surface area contributed by atoms with Crippen molar-refractivity contribution in [3.63, 3.8) is 0 Å². The van der Waals surface area contributed by atoms with E-state index in [9.17, 15) is 44.7 Å². The molecule has 0 saturated heterocycles. The average Bonchev–Trinajstić information content (AvgIpc) is 1.69. The van der Waals surface area contributed by atoms with Crippen LogP contribution in [0.4, 0.5) is 45.5 Å². The van der Waals surface area contributed by atoms with E-state index in [-0.39, 0.29) is 42.0 Å². The fraction of sp³-hybridized carbons (Fsp3) is 0.106. The molecule has 0 spiro atoms. The van der Waals surface area contributed by atoms with Crippen molar-refractivity contribution in [3.05, 3.63) is 283 Å². The van der Waals surface area contributed by atoms with Crippen molar-refractivity contribution in [2.45, 2.75) is 14.4 Å². The molecule has 0 aliphatic heterocycles. The number of aliphatic carboxylic acids is 1. The summed E-state index contributed by atoms with van der Waals surface area (Å²) in [6.07, 6.45) is 0. The number of carbonyl (C=O) groups excluding carboxylic acids is 3. The number of nitro benzene ring substituents is 3. The van der Waals surface area contributed by atoms with Gasteiger partial charge >= 0.3 is 86.9 Å². The number of nitrogens with zero attached hydrogens (tertiary/aromatic N) is 8. The summed E-state index contributed by atoms with van der Waals surface area (Å²) in [6.45, 7) is 1.08. The molecule has 1 radical (unpaired) electrons.